The highest BCUT2D eigenvalue weighted by Crippen LogP contribution is 2.29. The van der Waals surface area contributed by atoms with Crippen molar-refractivity contribution >= 4 is 11.7 Å². The monoisotopic (exact) mass is 302 g/mol. The summed E-state index contributed by atoms with van der Waals surface area (Å²) < 4.78 is 26.6. The Bertz CT molecular complexity index is 672. The minimum atomic E-state index is -0.774. The smallest absolute Gasteiger partial charge is 0.317 e. The molecule has 0 saturated heterocycles. The lowest BCUT2D eigenvalue weighted by Gasteiger charge is -2.23. The molecule has 0 bridgehead atoms. The van der Waals surface area contributed by atoms with Crippen LogP contribution in [0.1, 0.15) is 18.4 Å². The van der Waals surface area contributed by atoms with Crippen LogP contribution in [0.4, 0.5) is 19.3 Å². The molecule has 3 rings (SSSR count). The molecule has 0 aromatic heterocycles. The molecule has 0 spiro atoms. The predicted octanol–water partition coefficient (Wildman–Crippen LogP) is 4.16. The fourth-order valence-electron chi connectivity index (χ4n) is 2.31. The third-order valence-corrected chi connectivity index (χ3v) is 3.62. The van der Waals surface area contributed by atoms with Gasteiger partial charge >= 0.3 is 6.03 Å². The summed E-state index contributed by atoms with van der Waals surface area (Å²) in [5.41, 5.74) is 1.01. The molecule has 1 saturated carbocycles. The first-order valence-electron chi connectivity index (χ1n) is 7.20. The van der Waals surface area contributed by atoms with Crippen molar-refractivity contribution in [2.24, 2.45) is 0 Å². The van der Waals surface area contributed by atoms with Crippen molar-refractivity contribution in [2.45, 2.75) is 25.4 Å². The lowest BCUT2D eigenvalue weighted by molar-refractivity contribution is 0.206. The van der Waals surface area contributed by atoms with Crippen LogP contribution in [0.3, 0.4) is 0 Å². The standard InChI is InChI=1S/C17H16F2N2O/c18-13-6-9-16(15(19)10-13)20-17(22)21(14-7-8-14)11-12-4-2-1-3-5-12/h1-6,9-10,14H,7-8,11H2,(H,20,22). The van der Waals surface area contributed by atoms with Crippen molar-refractivity contribution in [1.82, 2.24) is 4.90 Å². The lowest BCUT2D eigenvalue weighted by Crippen LogP contribution is -2.36. The molecule has 0 radical (unpaired) electrons. The van der Waals surface area contributed by atoms with E-state index in [4.69, 9.17) is 0 Å². The Morgan fingerprint density at radius 1 is 1.14 bits per heavy atom. The molecule has 3 nitrogen and oxygen atoms in total. The zero-order valence-electron chi connectivity index (χ0n) is 11.9. The van der Waals surface area contributed by atoms with Crippen molar-refractivity contribution in [3.05, 3.63) is 65.7 Å². The summed E-state index contributed by atoms with van der Waals surface area (Å²) >= 11 is 0. The van der Waals surface area contributed by atoms with Gasteiger partial charge in [0.15, 0.2) is 0 Å². The molecule has 0 unspecified atom stereocenters. The Hall–Kier alpha value is -2.43. The van der Waals surface area contributed by atoms with Crippen LogP contribution in [-0.4, -0.2) is 17.0 Å². The van der Waals surface area contributed by atoms with Gasteiger partial charge in [-0.05, 0) is 30.5 Å². The number of hydrogen-bond donors (Lipinski definition) is 1. The van der Waals surface area contributed by atoms with Crippen molar-refractivity contribution in [3.8, 4) is 0 Å². The second-order valence-corrected chi connectivity index (χ2v) is 5.40. The maximum absolute atomic E-state index is 13.6. The van der Waals surface area contributed by atoms with Gasteiger partial charge in [0.05, 0.1) is 5.69 Å². The Balaban J connectivity index is 1.73. The van der Waals surface area contributed by atoms with Gasteiger partial charge in [0.1, 0.15) is 11.6 Å². The molecule has 1 fully saturated rings. The summed E-state index contributed by atoms with van der Waals surface area (Å²) in [7, 11) is 0. The third kappa shape index (κ3) is 3.42. The zero-order valence-corrected chi connectivity index (χ0v) is 11.9. The Kier molecular flexibility index (Phi) is 4.04. The van der Waals surface area contributed by atoms with E-state index in [0.717, 1.165) is 30.5 Å². The van der Waals surface area contributed by atoms with E-state index in [1.54, 1.807) is 4.90 Å². The lowest BCUT2D eigenvalue weighted by atomic mass is 10.2. The van der Waals surface area contributed by atoms with Gasteiger partial charge in [0.2, 0.25) is 0 Å². The molecule has 2 aromatic carbocycles. The van der Waals surface area contributed by atoms with E-state index in [1.165, 1.54) is 6.07 Å². The van der Waals surface area contributed by atoms with E-state index < -0.39 is 11.6 Å². The van der Waals surface area contributed by atoms with Crippen LogP contribution in [-0.2, 0) is 6.54 Å². The average molecular weight is 302 g/mol. The molecule has 114 valence electrons. The number of nitrogens with one attached hydrogen (secondary N) is 1. The Morgan fingerprint density at radius 3 is 2.50 bits per heavy atom. The highest BCUT2D eigenvalue weighted by molar-refractivity contribution is 5.89. The molecule has 2 aromatic rings. The Labute approximate surface area is 127 Å². The quantitative estimate of drug-likeness (QED) is 0.903. The van der Waals surface area contributed by atoms with Crippen LogP contribution in [0.2, 0.25) is 0 Å². The molecule has 0 aliphatic heterocycles. The van der Waals surface area contributed by atoms with E-state index in [2.05, 4.69) is 5.32 Å². The van der Waals surface area contributed by atoms with E-state index in [1.807, 2.05) is 30.3 Å². The largest absolute Gasteiger partial charge is 0.322 e. The summed E-state index contributed by atoms with van der Waals surface area (Å²) in [5, 5.41) is 2.52. The maximum atomic E-state index is 13.6. The number of hydrogen-bond acceptors (Lipinski definition) is 1. The minimum Gasteiger partial charge on any atom is -0.317 e. The van der Waals surface area contributed by atoms with Gasteiger partial charge in [-0.1, -0.05) is 30.3 Å². The summed E-state index contributed by atoms with van der Waals surface area (Å²) in [6.45, 7) is 0.472. The summed E-state index contributed by atoms with van der Waals surface area (Å²) in [6, 6.07) is 12.6. The number of anilines is 1. The van der Waals surface area contributed by atoms with Crippen molar-refractivity contribution in [3.63, 3.8) is 0 Å². The Morgan fingerprint density at radius 2 is 1.86 bits per heavy atom. The molecule has 0 atom stereocenters. The number of nitrogens with zero attached hydrogens (tertiary/aromatic N) is 1. The number of amides is 2. The molecular weight excluding hydrogens is 286 g/mol. The summed E-state index contributed by atoms with van der Waals surface area (Å²) in [4.78, 5) is 14.1. The second-order valence-electron chi connectivity index (χ2n) is 5.40. The highest BCUT2D eigenvalue weighted by atomic mass is 19.1. The first-order chi connectivity index (χ1) is 10.6. The molecule has 2 amide bonds. The fourth-order valence-corrected chi connectivity index (χ4v) is 2.31. The topological polar surface area (TPSA) is 32.3 Å². The van der Waals surface area contributed by atoms with Gasteiger partial charge in [-0.2, -0.15) is 0 Å². The van der Waals surface area contributed by atoms with E-state index in [9.17, 15) is 13.6 Å². The molecule has 1 aliphatic rings. The molecule has 1 aliphatic carbocycles. The minimum absolute atomic E-state index is 0.00916. The number of urea groups is 1. The summed E-state index contributed by atoms with van der Waals surface area (Å²) in [6.07, 6.45) is 1.90. The van der Waals surface area contributed by atoms with Gasteiger partial charge in [-0.3, -0.25) is 0 Å². The number of halogens is 2. The highest BCUT2D eigenvalue weighted by Gasteiger charge is 2.32. The first-order valence-corrected chi connectivity index (χ1v) is 7.20. The van der Waals surface area contributed by atoms with E-state index >= 15 is 0 Å². The van der Waals surface area contributed by atoms with Crippen LogP contribution in [0.5, 0.6) is 0 Å². The maximum Gasteiger partial charge on any atom is 0.322 e. The van der Waals surface area contributed by atoms with Gasteiger partial charge in [-0.15, -0.1) is 0 Å². The van der Waals surface area contributed by atoms with Gasteiger partial charge in [0, 0.05) is 18.7 Å². The van der Waals surface area contributed by atoms with Crippen LogP contribution >= 0.6 is 0 Å². The number of carbonyl (C=O) groups excluding carboxylic acids is 1. The van der Waals surface area contributed by atoms with E-state index in [-0.39, 0.29) is 17.8 Å². The number of rotatable bonds is 4. The van der Waals surface area contributed by atoms with Crippen LogP contribution in [0.15, 0.2) is 48.5 Å². The molecule has 0 heterocycles. The fraction of sp³-hybridized carbons (Fsp3) is 0.235. The first kappa shape index (κ1) is 14.5. The van der Waals surface area contributed by atoms with Crippen molar-refractivity contribution in [1.29, 1.82) is 0 Å². The average Bonchev–Trinajstić information content (AvgIpc) is 3.33. The SMILES string of the molecule is O=C(Nc1ccc(F)cc1F)N(Cc1ccccc1)C1CC1. The van der Waals surface area contributed by atoms with Gasteiger partial charge < -0.3 is 10.2 Å². The van der Waals surface area contributed by atoms with Crippen LogP contribution < -0.4 is 5.32 Å². The van der Waals surface area contributed by atoms with Gasteiger partial charge in [-0.25, -0.2) is 13.6 Å². The van der Waals surface area contributed by atoms with E-state index in [0.29, 0.717) is 6.54 Å². The van der Waals surface area contributed by atoms with Crippen LogP contribution in [0.25, 0.3) is 0 Å². The molecule has 22 heavy (non-hydrogen) atoms. The third-order valence-electron chi connectivity index (χ3n) is 3.62. The zero-order chi connectivity index (χ0) is 15.5. The number of benzene rings is 2. The predicted molar refractivity (Wildman–Crippen MR) is 80.4 cm³/mol. The molecule has 1 N–H and O–H groups in total. The van der Waals surface area contributed by atoms with Crippen molar-refractivity contribution < 1.29 is 13.6 Å². The van der Waals surface area contributed by atoms with Crippen molar-refractivity contribution in [2.75, 3.05) is 5.32 Å². The van der Waals surface area contributed by atoms with Gasteiger partial charge in [0.25, 0.3) is 0 Å². The molecule has 5 heteroatoms. The normalized spacial score (nSPS) is 13.7. The number of carbonyl (C=O) groups is 1. The second kappa shape index (κ2) is 6.13. The summed E-state index contributed by atoms with van der Waals surface area (Å²) in [5.74, 6) is -1.44. The van der Waals surface area contributed by atoms with Crippen LogP contribution in [0, 0.1) is 11.6 Å². The molecular formula is C17H16F2N2O.